The van der Waals surface area contributed by atoms with Crippen molar-refractivity contribution in [2.45, 2.75) is 18.7 Å². The molecule has 0 heterocycles. The van der Waals surface area contributed by atoms with Crippen LogP contribution in [0.3, 0.4) is 0 Å². The van der Waals surface area contributed by atoms with E-state index in [4.69, 9.17) is 4.74 Å². The standard InChI is InChI=1S/C13H22N2O3S/c1-4-15-19(16,17)13-7-5-12(6-8-13)14-9-11(2)10-18-3/h5-8,11,14-15H,4,9-10H2,1-3H3. The lowest BCUT2D eigenvalue weighted by Crippen LogP contribution is -2.23. The van der Waals surface area contributed by atoms with Gasteiger partial charge in [0.05, 0.1) is 11.5 Å². The van der Waals surface area contributed by atoms with E-state index in [2.05, 4.69) is 17.0 Å². The highest BCUT2D eigenvalue weighted by atomic mass is 32.2. The number of benzene rings is 1. The second-order valence-electron chi connectivity index (χ2n) is 4.47. The smallest absolute Gasteiger partial charge is 0.240 e. The quantitative estimate of drug-likeness (QED) is 0.763. The molecule has 1 aromatic rings. The second-order valence-corrected chi connectivity index (χ2v) is 6.23. The topological polar surface area (TPSA) is 67.4 Å². The van der Waals surface area contributed by atoms with E-state index in [-0.39, 0.29) is 4.90 Å². The lowest BCUT2D eigenvalue weighted by molar-refractivity contribution is 0.164. The summed E-state index contributed by atoms with van der Waals surface area (Å²) in [5.41, 5.74) is 0.901. The van der Waals surface area contributed by atoms with Crippen molar-refractivity contribution < 1.29 is 13.2 Å². The summed E-state index contributed by atoms with van der Waals surface area (Å²) in [7, 11) is -1.69. The van der Waals surface area contributed by atoms with Crippen molar-refractivity contribution in [3.8, 4) is 0 Å². The maximum absolute atomic E-state index is 11.7. The molecule has 0 aromatic heterocycles. The van der Waals surface area contributed by atoms with Gasteiger partial charge in [0.1, 0.15) is 0 Å². The highest BCUT2D eigenvalue weighted by Gasteiger charge is 2.11. The van der Waals surface area contributed by atoms with E-state index in [1.54, 1.807) is 38.3 Å². The summed E-state index contributed by atoms with van der Waals surface area (Å²) in [5, 5.41) is 3.24. The molecule has 0 aliphatic carbocycles. The Balaban J connectivity index is 2.62. The maximum Gasteiger partial charge on any atom is 0.240 e. The van der Waals surface area contributed by atoms with E-state index >= 15 is 0 Å². The molecule has 0 fully saturated rings. The Morgan fingerprint density at radius 3 is 2.42 bits per heavy atom. The fraction of sp³-hybridized carbons (Fsp3) is 0.538. The molecule has 2 N–H and O–H groups in total. The highest BCUT2D eigenvalue weighted by Crippen LogP contribution is 2.14. The van der Waals surface area contributed by atoms with Crippen molar-refractivity contribution in [3.63, 3.8) is 0 Å². The molecule has 0 saturated carbocycles. The van der Waals surface area contributed by atoms with Gasteiger partial charge in [0.2, 0.25) is 10.0 Å². The van der Waals surface area contributed by atoms with Gasteiger partial charge >= 0.3 is 0 Å². The van der Waals surface area contributed by atoms with Crippen LogP contribution in [0.15, 0.2) is 29.2 Å². The monoisotopic (exact) mass is 286 g/mol. The maximum atomic E-state index is 11.7. The van der Waals surface area contributed by atoms with Gasteiger partial charge in [-0.15, -0.1) is 0 Å². The van der Waals surface area contributed by atoms with Gasteiger partial charge in [0, 0.05) is 25.9 Å². The Morgan fingerprint density at radius 2 is 1.89 bits per heavy atom. The fourth-order valence-electron chi connectivity index (χ4n) is 1.66. The molecule has 0 spiro atoms. The number of sulfonamides is 1. The molecule has 1 rings (SSSR count). The Bertz CT molecular complexity index is 471. The molecule has 1 aromatic carbocycles. The van der Waals surface area contributed by atoms with Gasteiger partial charge < -0.3 is 10.1 Å². The molecule has 5 nitrogen and oxygen atoms in total. The average molecular weight is 286 g/mol. The number of nitrogens with one attached hydrogen (secondary N) is 2. The minimum atomic E-state index is -3.36. The van der Waals surface area contributed by atoms with Crippen molar-refractivity contribution in [3.05, 3.63) is 24.3 Å². The van der Waals surface area contributed by atoms with Gasteiger partial charge in [-0.1, -0.05) is 13.8 Å². The molecule has 6 heteroatoms. The molecule has 108 valence electrons. The van der Waals surface area contributed by atoms with Crippen molar-refractivity contribution in [1.29, 1.82) is 0 Å². The van der Waals surface area contributed by atoms with E-state index in [9.17, 15) is 8.42 Å². The van der Waals surface area contributed by atoms with Gasteiger partial charge in [0.15, 0.2) is 0 Å². The number of hydrogen-bond donors (Lipinski definition) is 2. The van der Waals surface area contributed by atoms with Crippen LogP contribution >= 0.6 is 0 Å². The van der Waals surface area contributed by atoms with Crippen LogP contribution in [0.25, 0.3) is 0 Å². The molecule has 0 radical (unpaired) electrons. The third kappa shape index (κ3) is 5.18. The van der Waals surface area contributed by atoms with Crippen LogP contribution in [0.1, 0.15) is 13.8 Å². The first kappa shape index (κ1) is 15.9. The fourth-order valence-corrected chi connectivity index (χ4v) is 2.70. The first-order valence-corrected chi connectivity index (χ1v) is 7.80. The van der Waals surface area contributed by atoms with Crippen LogP contribution in [0, 0.1) is 5.92 Å². The largest absolute Gasteiger partial charge is 0.385 e. The zero-order valence-corrected chi connectivity index (χ0v) is 12.5. The third-order valence-corrected chi connectivity index (χ3v) is 4.17. The number of rotatable bonds is 8. The first-order chi connectivity index (χ1) is 8.99. The zero-order chi connectivity index (χ0) is 14.3. The van der Waals surface area contributed by atoms with Crippen LogP contribution in [-0.4, -0.2) is 35.2 Å². The molecular weight excluding hydrogens is 264 g/mol. The molecule has 0 aliphatic heterocycles. The number of hydrogen-bond acceptors (Lipinski definition) is 4. The van der Waals surface area contributed by atoms with Crippen LogP contribution in [0.5, 0.6) is 0 Å². The highest BCUT2D eigenvalue weighted by molar-refractivity contribution is 7.89. The van der Waals surface area contributed by atoms with E-state index in [1.807, 2.05) is 0 Å². The zero-order valence-electron chi connectivity index (χ0n) is 11.6. The predicted octanol–water partition coefficient (Wildman–Crippen LogP) is 1.68. The molecule has 0 saturated heterocycles. The lowest BCUT2D eigenvalue weighted by Gasteiger charge is -2.13. The van der Waals surface area contributed by atoms with Crippen LogP contribution in [0.2, 0.25) is 0 Å². The summed E-state index contributed by atoms with van der Waals surface area (Å²) in [6, 6.07) is 6.73. The Labute approximate surface area is 115 Å². The Morgan fingerprint density at radius 1 is 1.26 bits per heavy atom. The van der Waals surface area contributed by atoms with Gasteiger partial charge in [-0.2, -0.15) is 0 Å². The van der Waals surface area contributed by atoms with E-state index in [0.717, 1.165) is 12.2 Å². The van der Waals surface area contributed by atoms with Crippen LogP contribution in [-0.2, 0) is 14.8 Å². The number of ether oxygens (including phenoxy) is 1. The number of anilines is 1. The molecule has 1 atom stereocenters. The van der Waals surface area contributed by atoms with E-state index < -0.39 is 10.0 Å². The summed E-state index contributed by atoms with van der Waals surface area (Å²) in [6.07, 6.45) is 0. The molecule has 0 aliphatic rings. The minimum absolute atomic E-state index is 0.282. The molecular formula is C13H22N2O3S. The van der Waals surface area contributed by atoms with Gasteiger partial charge in [0.25, 0.3) is 0 Å². The normalized spacial score (nSPS) is 13.2. The van der Waals surface area contributed by atoms with Crippen molar-refractivity contribution in [1.82, 2.24) is 4.72 Å². The SMILES string of the molecule is CCNS(=O)(=O)c1ccc(NCC(C)COC)cc1. The van der Waals surface area contributed by atoms with Crippen LogP contribution in [0.4, 0.5) is 5.69 Å². The third-order valence-electron chi connectivity index (χ3n) is 2.60. The van der Waals surface area contributed by atoms with Crippen molar-refractivity contribution >= 4 is 15.7 Å². The molecule has 19 heavy (non-hydrogen) atoms. The first-order valence-electron chi connectivity index (χ1n) is 6.32. The predicted molar refractivity (Wildman–Crippen MR) is 76.8 cm³/mol. The molecule has 1 unspecified atom stereocenters. The molecule has 0 amide bonds. The second kappa shape index (κ2) is 7.47. The van der Waals surface area contributed by atoms with Gasteiger partial charge in [-0.05, 0) is 30.2 Å². The summed E-state index contributed by atoms with van der Waals surface area (Å²) in [6.45, 7) is 5.70. The minimum Gasteiger partial charge on any atom is -0.385 e. The number of methoxy groups -OCH3 is 1. The lowest BCUT2D eigenvalue weighted by atomic mass is 10.2. The Hall–Kier alpha value is -1.11. The van der Waals surface area contributed by atoms with E-state index in [0.29, 0.717) is 19.1 Å². The average Bonchev–Trinajstić information content (AvgIpc) is 2.37. The summed E-state index contributed by atoms with van der Waals surface area (Å²) in [5.74, 6) is 0.398. The Kier molecular flexibility index (Phi) is 6.27. The summed E-state index contributed by atoms with van der Waals surface area (Å²) in [4.78, 5) is 0.282. The van der Waals surface area contributed by atoms with Crippen molar-refractivity contribution in [2.75, 3.05) is 32.1 Å². The van der Waals surface area contributed by atoms with Gasteiger partial charge in [-0.3, -0.25) is 0 Å². The van der Waals surface area contributed by atoms with E-state index in [1.165, 1.54) is 0 Å². The van der Waals surface area contributed by atoms with Crippen LogP contribution < -0.4 is 10.0 Å². The van der Waals surface area contributed by atoms with Crippen molar-refractivity contribution in [2.24, 2.45) is 5.92 Å². The summed E-state index contributed by atoms with van der Waals surface area (Å²) >= 11 is 0. The molecule has 0 bridgehead atoms. The summed E-state index contributed by atoms with van der Waals surface area (Å²) < 4.78 is 31.0. The van der Waals surface area contributed by atoms with Gasteiger partial charge in [-0.25, -0.2) is 13.1 Å².